The maximum Gasteiger partial charge on any atom is 0.255 e. The molecule has 164 valence electrons. The van der Waals surface area contributed by atoms with Crippen molar-refractivity contribution >= 4 is 11.6 Å². The van der Waals surface area contributed by atoms with Gasteiger partial charge in [-0.3, -0.25) is 4.79 Å². The summed E-state index contributed by atoms with van der Waals surface area (Å²) < 4.78 is 1.78. The molecule has 1 heterocycles. The summed E-state index contributed by atoms with van der Waals surface area (Å²) in [6, 6.07) is 19.1. The summed E-state index contributed by atoms with van der Waals surface area (Å²) in [7, 11) is 0. The summed E-state index contributed by atoms with van der Waals surface area (Å²) >= 11 is 0. The lowest BCUT2D eigenvalue weighted by molar-refractivity contribution is 0.0930. The van der Waals surface area contributed by atoms with E-state index in [-0.39, 0.29) is 18.6 Å². The van der Waals surface area contributed by atoms with Crippen LogP contribution in [0.15, 0.2) is 91.5 Å². The molecule has 0 saturated heterocycles. The first-order valence-corrected chi connectivity index (χ1v) is 10.7. The smallest absolute Gasteiger partial charge is 0.255 e. The summed E-state index contributed by atoms with van der Waals surface area (Å²) in [4.78, 5) is 13.6. The molecule has 0 bridgehead atoms. The van der Waals surface area contributed by atoms with Crippen LogP contribution in [0.5, 0.6) is 0 Å². The summed E-state index contributed by atoms with van der Waals surface area (Å²) in [5.74, 6) is -0.224. The number of nitrogens with zero attached hydrogens (tertiary/aromatic N) is 2. The monoisotopic (exact) mass is 427 g/mol. The van der Waals surface area contributed by atoms with Crippen molar-refractivity contribution in [3.05, 3.63) is 108 Å². The number of carbonyl (C=O) groups is 1. The minimum absolute atomic E-state index is 0.0291. The molecule has 5 heteroatoms. The van der Waals surface area contributed by atoms with Crippen LogP contribution in [0.25, 0.3) is 17.0 Å². The highest BCUT2D eigenvalue weighted by Crippen LogP contribution is 2.28. The molecule has 1 aromatic heterocycles. The van der Waals surface area contributed by atoms with Gasteiger partial charge in [0.25, 0.3) is 5.91 Å². The van der Waals surface area contributed by atoms with Crippen molar-refractivity contribution in [1.29, 1.82) is 0 Å². The van der Waals surface area contributed by atoms with Crippen LogP contribution in [-0.2, 0) is 0 Å². The van der Waals surface area contributed by atoms with E-state index >= 15 is 0 Å². The van der Waals surface area contributed by atoms with Crippen molar-refractivity contribution in [3.63, 3.8) is 0 Å². The van der Waals surface area contributed by atoms with E-state index in [1.165, 1.54) is 0 Å². The number of hydrogen-bond acceptors (Lipinski definition) is 3. The van der Waals surface area contributed by atoms with Gasteiger partial charge in [0.15, 0.2) is 0 Å². The Hall–Kier alpha value is -3.70. The van der Waals surface area contributed by atoms with Crippen LogP contribution in [-0.4, -0.2) is 27.4 Å². The van der Waals surface area contributed by atoms with E-state index in [9.17, 15) is 9.90 Å². The first-order chi connectivity index (χ1) is 15.6. The zero-order valence-corrected chi connectivity index (χ0v) is 18.5. The van der Waals surface area contributed by atoms with Gasteiger partial charge < -0.3 is 10.4 Å². The van der Waals surface area contributed by atoms with Crippen molar-refractivity contribution in [1.82, 2.24) is 15.1 Å². The molecule has 1 atom stereocenters. The minimum Gasteiger partial charge on any atom is -0.396 e. The van der Waals surface area contributed by atoms with Crippen LogP contribution in [0.2, 0.25) is 0 Å². The van der Waals surface area contributed by atoms with Crippen LogP contribution in [0.4, 0.5) is 0 Å². The molecule has 3 rings (SSSR count). The quantitative estimate of drug-likeness (QED) is 0.455. The number of nitrogens with one attached hydrogen (secondary N) is 1. The first kappa shape index (κ1) is 23.0. The Kier molecular flexibility index (Phi) is 7.95. The van der Waals surface area contributed by atoms with Crippen molar-refractivity contribution in [2.45, 2.75) is 26.3 Å². The van der Waals surface area contributed by atoms with Crippen molar-refractivity contribution in [2.75, 3.05) is 6.61 Å². The van der Waals surface area contributed by atoms with Gasteiger partial charge in [-0.2, -0.15) is 5.10 Å². The maximum absolute atomic E-state index is 13.6. The Morgan fingerprint density at radius 3 is 2.41 bits per heavy atom. The van der Waals surface area contributed by atoms with E-state index in [0.717, 1.165) is 22.5 Å². The number of aliphatic hydroxyl groups excluding tert-OH is 1. The molecule has 3 aromatic rings. The average molecular weight is 428 g/mol. The molecule has 0 aliphatic rings. The molecule has 1 unspecified atom stereocenters. The van der Waals surface area contributed by atoms with Gasteiger partial charge in [0.05, 0.1) is 23.0 Å². The second kappa shape index (κ2) is 11.1. The molecule has 0 aliphatic heterocycles. The fourth-order valence-corrected chi connectivity index (χ4v) is 3.65. The zero-order chi connectivity index (χ0) is 22.9. The van der Waals surface area contributed by atoms with Gasteiger partial charge in [0, 0.05) is 12.2 Å². The van der Waals surface area contributed by atoms with Crippen LogP contribution in [0, 0.1) is 6.92 Å². The lowest BCUT2D eigenvalue weighted by atomic mass is 10.0. The summed E-state index contributed by atoms with van der Waals surface area (Å²) in [6.07, 6.45) is 7.81. The highest BCUT2D eigenvalue weighted by atomic mass is 16.3. The van der Waals surface area contributed by atoms with Gasteiger partial charge in [-0.1, -0.05) is 85.5 Å². The average Bonchev–Trinajstić information content (AvgIpc) is 3.17. The standard InChI is InChI=1S/C27H29N3O2/c1-4-6-17-23(5-2)30-20(3)25(26(29-30)22-15-11-8-12-16-22)27(32)28-24(18-19-31)21-13-9-7-10-14-21/h4-17,24,31H,1,18-19H2,2-3H3,(H,28,32)/b17-6-,23-5+. The number of rotatable bonds is 9. The number of allylic oxidation sites excluding steroid dienone is 5. The normalized spacial score (nSPS) is 12.7. The van der Waals surface area contributed by atoms with Gasteiger partial charge in [0.1, 0.15) is 5.69 Å². The van der Waals surface area contributed by atoms with Crippen LogP contribution in [0.3, 0.4) is 0 Å². The molecule has 0 radical (unpaired) electrons. The van der Waals surface area contributed by atoms with E-state index < -0.39 is 0 Å². The number of aliphatic hydroxyl groups is 1. The van der Waals surface area contributed by atoms with Gasteiger partial charge in [-0.05, 0) is 31.9 Å². The summed E-state index contributed by atoms with van der Waals surface area (Å²) in [5.41, 5.74) is 4.52. The summed E-state index contributed by atoms with van der Waals surface area (Å²) in [6.45, 7) is 7.52. The zero-order valence-electron chi connectivity index (χ0n) is 18.5. The number of carbonyl (C=O) groups excluding carboxylic acids is 1. The fraction of sp³-hybridized carbons (Fsp3) is 0.185. The number of aromatic nitrogens is 2. The predicted octanol–water partition coefficient (Wildman–Crippen LogP) is 5.32. The topological polar surface area (TPSA) is 67.2 Å². The molecule has 0 fully saturated rings. The molecule has 2 aromatic carbocycles. The van der Waals surface area contributed by atoms with Crippen molar-refractivity contribution < 1.29 is 9.90 Å². The van der Waals surface area contributed by atoms with Crippen molar-refractivity contribution in [3.8, 4) is 11.3 Å². The number of amides is 1. The van der Waals surface area contributed by atoms with Gasteiger partial charge in [-0.15, -0.1) is 0 Å². The fourth-order valence-electron chi connectivity index (χ4n) is 3.65. The van der Waals surface area contributed by atoms with Crippen molar-refractivity contribution in [2.24, 2.45) is 0 Å². The molecule has 0 aliphatic carbocycles. The van der Waals surface area contributed by atoms with E-state index in [0.29, 0.717) is 17.7 Å². The minimum atomic E-state index is -0.304. The molecule has 2 N–H and O–H groups in total. The third kappa shape index (κ3) is 5.13. The predicted molar refractivity (Wildman–Crippen MR) is 130 cm³/mol. The maximum atomic E-state index is 13.6. The lowest BCUT2D eigenvalue weighted by Gasteiger charge is -2.18. The molecular weight excluding hydrogens is 398 g/mol. The van der Waals surface area contributed by atoms with Crippen LogP contribution < -0.4 is 5.32 Å². The van der Waals surface area contributed by atoms with E-state index in [2.05, 4.69) is 11.9 Å². The highest BCUT2D eigenvalue weighted by molar-refractivity contribution is 6.01. The second-order valence-electron chi connectivity index (χ2n) is 7.34. The highest BCUT2D eigenvalue weighted by Gasteiger charge is 2.25. The lowest BCUT2D eigenvalue weighted by Crippen LogP contribution is -2.30. The third-order valence-electron chi connectivity index (χ3n) is 5.26. The SMILES string of the molecule is C=C/C=C\C(=C/C)n1nc(-c2ccccc2)c(C(=O)NC(CCO)c2ccccc2)c1C. The molecule has 0 spiro atoms. The Balaban J connectivity index is 2.08. The Morgan fingerprint density at radius 2 is 1.81 bits per heavy atom. The second-order valence-corrected chi connectivity index (χ2v) is 7.34. The van der Waals surface area contributed by atoms with Gasteiger partial charge in [0.2, 0.25) is 0 Å². The van der Waals surface area contributed by atoms with Crippen LogP contribution in [0.1, 0.15) is 41.0 Å². The Morgan fingerprint density at radius 1 is 1.16 bits per heavy atom. The Bertz CT molecular complexity index is 1110. The molecule has 32 heavy (non-hydrogen) atoms. The number of hydrogen-bond donors (Lipinski definition) is 2. The molecule has 1 amide bonds. The van der Waals surface area contributed by atoms with Gasteiger partial charge in [-0.25, -0.2) is 4.68 Å². The largest absolute Gasteiger partial charge is 0.396 e. The first-order valence-electron chi connectivity index (χ1n) is 10.7. The molecule has 0 saturated carbocycles. The van der Waals surface area contributed by atoms with Crippen LogP contribution >= 0.6 is 0 Å². The van der Waals surface area contributed by atoms with Gasteiger partial charge >= 0.3 is 0 Å². The summed E-state index contributed by atoms with van der Waals surface area (Å²) in [5, 5.41) is 17.5. The molecule has 5 nitrogen and oxygen atoms in total. The number of benzene rings is 2. The Labute approximate surface area is 189 Å². The van der Waals surface area contributed by atoms with E-state index in [1.807, 2.05) is 92.7 Å². The molecular formula is C27H29N3O2. The third-order valence-corrected chi connectivity index (χ3v) is 5.26. The van der Waals surface area contributed by atoms with E-state index in [1.54, 1.807) is 10.8 Å². The van der Waals surface area contributed by atoms with E-state index in [4.69, 9.17) is 5.10 Å².